The zero-order chi connectivity index (χ0) is 10.3. The number of fused-ring (bicyclic) bond motifs is 1. The molecule has 74 valence electrons. The molecular formula is C8H7NO3S2. The molecule has 0 saturated carbocycles. The Hall–Kier alpha value is -0.850. The fourth-order valence-electron chi connectivity index (χ4n) is 1.36. The van der Waals surface area contributed by atoms with Gasteiger partial charge in [0.2, 0.25) is 15.1 Å². The molecular weight excluding hydrogens is 222 g/mol. The maximum atomic E-state index is 11.4. The van der Waals surface area contributed by atoms with Crippen LogP contribution >= 0.6 is 11.8 Å². The van der Waals surface area contributed by atoms with Gasteiger partial charge in [0, 0.05) is 5.56 Å². The Morgan fingerprint density at radius 3 is 2.57 bits per heavy atom. The Morgan fingerprint density at radius 2 is 1.93 bits per heavy atom. The first-order valence-electron chi connectivity index (χ1n) is 3.81. The third kappa shape index (κ3) is 1.45. The number of carbonyl (C=O) groups excluding carboxylic acids is 1. The molecule has 0 aliphatic carbocycles. The Balaban J connectivity index is 2.61. The smallest absolute Gasteiger partial charge is 0.226 e. The van der Waals surface area contributed by atoms with E-state index < -0.39 is 14.6 Å². The highest BCUT2D eigenvalue weighted by Crippen LogP contribution is 2.43. The molecule has 4 nitrogen and oxygen atoms in total. The summed E-state index contributed by atoms with van der Waals surface area (Å²) < 4.78 is 21.4. The molecule has 1 aliphatic rings. The van der Waals surface area contributed by atoms with Crippen LogP contribution in [-0.4, -0.2) is 13.5 Å². The maximum Gasteiger partial charge on any atom is 0.226 e. The normalized spacial score (nSPS) is 20.9. The van der Waals surface area contributed by atoms with E-state index in [9.17, 15) is 13.2 Å². The van der Waals surface area contributed by atoms with Crippen LogP contribution in [0, 0.1) is 0 Å². The fraction of sp³-hybridized carbons (Fsp3) is 0.125. The van der Waals surface area contributed by atoms with Crippen LogP contribution in [0.1, 0.15) is 20.5 Å². The van der Waals surface area contributed by atoms with E-state index in [4.69, 9.17) is 5.14 Å². The van der Waals surface area contributed by atoms with E-state index in [0.717, 1.165) is 11.8 Å². The van der Waals surface area contributed by atoms with Crippen LogP contribution in [0.15, 0.2) is 24.3 Å². The van der Waals surface area contributed by atoms with E-state index in [1.165, 1.54) is 0 Å². The van der Waals surface area contributed by atoms with E-state index >= 15 is 0 Å². The lowest BCUT2D eigenvalue weighted by Crippen LogP contribution is -2.17. The standard InChI is InChI=1S/C8H7NO3S2/c9-14(11,12)8-6-4-2-1-3-5(6)7(10)13-8/h1-4,8H,(H2,9,11,12). The molecule has 1 atom stereocenters. The van der Waals surface area contributed by atoms with Crippen molar-refractivity contribution in [2.45, 2.75) is 4.58 Å². The second-order valence-corrected chi connectivity index (χ2v) is 5.94. The van der Waals surface area contributed by atoms with Crippen LogP contribution in [-0.2, 0) is 10.0 Å². The Morgan fingerprint density at radius 1 is 1.29 bits per heavy atom. The van der Waals surface area contributed by atoms with Crippen molar-refractivity contribution >= 4 is 26.9 Å². The molecule has 0 fully saturated rings. The summed E-state index contributed by atoms with van der Waals surface area (Å²) in [7, 11) is -3.71. The quantitative estimate of drug-likeness (QED) is 0.774. The molecule has 0 bridgehead atoms. The van der Waals surface area contributed by atoms with Crippen LogP contribution in [0.4, 0.5) is 0 Å². The molecule has 0 radical (unpaired) electrons. The van der Waals surface area contributed by atoms with Gasteiger partial charge in [-0.15, -0.1) is 0 Å². The minimum absolute atomic E-state index is 0.236. The van der Waals surface area contributed by atoms with Gasteiger partial charge >= 0.3 is 0 Å². The van der Waals surface area contributed by atoms with E-state index in [0.29, 0.717) is 11.1 Å². The number of hydrogen-bond acceptors (Lipinski definition) is 4. The molecule has 0 spiro atoms. The summed E-state index contributed by atoms with van der Waals surface area (Å²) in [4.78, 5) is 11.4. The van der Waals surface area contributed by atoms with Gasteiger partial charge in [0.1, 0.15) is 0 Å². The molecule has 0 aromatic heterocycles. The summed E-state index contributed by atoms with van der Waals surface area (Å²) in [6.45, 7) is 0. The molecule has 1 heterocycles. The monoisotopic (exact) mass is 229 g/mol. The number of rotatable bonds is 1. The second kappa shape index (κ2) is 3.08. The number of primary sulfonamides is 1. The molecule has 1 aliphatic heterocycles. The lowest BCUT2D eigenvalue weighted by molar-refractivity contribution is 0.109. The molecule has 0 saturated heterocycles. The minimum atomic E-state index is -3.71. The van der Waals surface area contributed by atoms with Crippen molar-refractivity contribution in [2.24, 2.45) is 5.14 Å². The van der Waals surface area contributed by atoms with Crippen LogP contribution in [0.25, 0.3) is 0 Å². The van der Waals surface area contributed by atoms with Gasteiger partial charge in [-0.25, -0.2) is 13.6 Å². The molecule has 1 aromatic rings. The van der Waals surface area contributed by atoms with E-state index in [1.807, 2.05) is 0 Å². The number of sulfonamides is 1. The predicted octanol–water partition coefficient (Wildman–Crippen LogP) is 0.861. The third-order valence-corrected chi connectivity index (χ3v) is 4.79. The van der Waals surface area contributed by atoms with Crippen LogP contribution in [0.3, 0.4) is 0 Å². The van der Waals surface area contributed by atoms with Gasteiger partial charge in [0.05, 0.1) is 0 Å². The zero-order valence-electron chi connectivity index (χ0n) is 7.01. The molecule has 2 rings (SSSR count). The number of nitrogens with two attached hydrogens (primary N) is 1. The summed E-state index contributed by atoms with van der Waals surface area (Å²) in [6.07, 6.45) is 0. The van der Waals surface area contributed by atoms with Crippen molar-refractivity contribution in [3.8, 4) is 0 Å². The van der Waals surface area contributed by atoms with Crippen molar-refractivity contribution < 1.29 is 13.2 Å². The molecule has 14 heavy (non-hydrogen) atoms. The van der Waals surface area contributed by atoms with Gasteiger partial charge in [-0.05, 0) is 5.56 Å². The molecule has 1 aromatic carbocycles. The van der Waals surface area contributed by atoms with Crippen molar-refractivity contribution in [2.75, 3.05) is 0 Å². The largest absolute Gasteiger partial charge is 0.282 e. The third-order valence-electron chi connectivity index (χ3n) is 1.95. The average molecular weight is 229 g/mol. The number of carbonyl (C=O) groups is 1. The Labute approximate surface area is 85.5 Å². The first-order chi connectivity index (χ1) is 6.50. The maximum absolute atomic E-state index is 11.4. The van der Waals surface area contributed by atoms with E-state index in [1.54, 1.807) is 24.3 Å². The summed E-state index contributed by atoms with van der Waals surface area (Å²) >= 11 is 0.749. The van der Waals surface area contributed by atoms with Gasteiger partial charge < -0.3 is 0 Å². The van der Waals surface area contributed by atoms with Gasteiger partial charge in [-0.3, -0.25) is 4.79 Å². The number of hydrogen-bond donors (Lipinski definition) is 1. The molecule has 0 amide bonds. The van der Waals surface area contributed by atoms with Crippen molar-refractivity contribution in [3.05, 3.63) is 35.4 Å². The number of benzene rings is 1. The second-order valence-electron chi connectivity index (χ2n) is 2.91. The topological polar surface area (TPSA) is 77.2 Å². The summed E-state index contributed by atoms with van der Waals surface area (Å²) in [5.74, 6) is 0. The van der Waals surface area contributed by atoms with E-state index in [2.05, 4.69) is 0 Å². The lowest BCUT2D eigenvalue weighted by atomic mass is 10.1. The first-order valence-corrected chi connectivity index (χ1v) is 6.30. The zero-order valence-corrected chi connectivity index (χ0v) is 8.64. The van der Waals surface area contributed by atoms with Crippen LogP contribution in [0.2, 0.25) is 0 Å². The first kappa shape index (κ1) is 9.70. The van der Waals surface area contributed by atoms with Gasteiger partial charge in [0.15, 0.2) is 4.58 Å². The number of thioether (sulfide) groups is 1. The van der Waals surface area contributed by atoms with Crippen molar-refractivity contribution in [3.63, 3.8) is 0 Å². The summed E-state index contributed by atoms with van der Waals surface area (Å²) in [6, 6.07) is 6.61. The van der Waals surface area contributed by atoms with Gasteiger partial charge in [-0.2, -0.15) is 0 Å². The summed E-state index contributed by atoms with van der Waals surface area (Å²) in [5, 5.41) is 4.78. The Bertz CT molecular complexity index is 495. The van der Waals surface area contributed by atoms with Crippen molar-refractivity contribution in [1.82, 2.24) is 0 Å². The predicted molar refractivity (Wildman–Crippen MR) is 54.2 cm³/mol. The average Bonchev–Trinajstić information content (AvgIpc) is 2.44. The van der Waals surface area contributed by atoms with Crippen LogP contribution < -0.4 is 5.14 Å². The fourth-order valence-corrected chi connectivity index (χ4v) is 3.55. The SMILES string of the molecule is NS(=O)(=O)C1SC(=O)c2ccccc21. The van der Waals surface area contributed by atoms with Crippen LogP contribution in [0.5, 0.6) is 0 Å². The lowest BCUT2D eigenvalue weighted by Gasteiger charge is -2.05. The van der Waals surface area contributed by atoms with Gasteiger partial charge in [0.25, 0.3) is 0 Å². The van der Waals surface area contributed by atoms with E-state index in [-0.39, 0.29) is 5.12 Å². The highest BCUT2D eigenvalue weighted by Gasteiger charge is 2.36. The molecule has 1 unspecified atom stereocenters. The highest BCUT2D eigenvalue weighted by molar-refractivity contribution is 8.22. The molecule has 2 N–H and O–H groups in total. The summed E-state index contributed by atoms with van der Waals surface area (Å²) in [5.41, 5.74) is 0.932. The Kier molecular flexibility index (Phi) is 2.13. The van der Waals surface area contributed by atoms with Gasteiger partial charge in [-0.1, -0.05) is 36.0 Å². The minimum Gasteiger partial charge on any atom is -0.282 e. The van der Waals surface area contributed by atoms with Crippen molar-refractivity contribution in [1.29, 1.82) is 0 Å². The highest BCUT2D eigenvalue weighted by atomic mass is 32.3. The molecule has 6 heteroatoms.